The Morgan fingerprint density at radius 3 is 2.85 bits per heavy atom. The standard InChI is InChI=1S/C22H24N2O3/c1-15-7-3-6-10-21(15)26-14-18-13-24(22(25)27-18)16(2)11-17-12-23-20-9-5-4-8-19(17)20/h3-10,12,16,18,23H,11,13-14H2,1-2H3/t16?,18-/m0/s1. The fraction of sp³-hybridized carbons (Fsp3) is 0.318. The highest BCUT2D eigenvalue weighted by molar-refractivity contribution is 5.83. The van der Waals surface area contributed by atoms with Gasteiger partial charge in [-0.2, -0.15) is 0 Å². The van der Waals surface area contributed by atoms with Crippen LogP contribution in [0.3, 0.4) is 0 Å². The van der Waals surface area contributed by atoms with Crippen molar-refractivity contribution in [2.45, 2.75) is 32.4 Å². The number of carbonyl (C=O) groups is 1. The molecule has 2 aromatic carbocycles. The summed E-state index contributed by atoms with van der Waals surface area (Å²) in [5.41, 5.74) is 3.41. The Morgan fingerprint density at radius 1 is 1.22 bits per heavy atom. The van der Waals surface area contributed by atoms with Gasteiger partial charge in [0.2, 0.25) is 0 Å². The van der Waals surface area contributed by atoms with Gasteiger partial charge in [0.15, 0.2) is 6.10 Å². The molecule has 4 rings (SSSR count). The molecule has 5 heteroatoms. The minimum atomic E-state index is -0.263. The molecule has 1 aliphatic rings. The van der Waals surface area contributed by atoms with Crippen LogP contribution in [-0.4, -0.2) is 41.3 Å². The van der Waals surface area contributed by atoms with E-state index in [0.29, 0.717) is 13.2 Å². The molecular weight excluding hydrogens is 340 g/mol. The lowest BCUT2D eigenvalue weighted by Gasteiger charge is -2.21. The SMILES string of the molecule is Cc1ccccc1OC[C@@H]1CN(C(C)Cc2c[nH]c3ccccc23)C(=O)O1. The molecule has 0 aliphatic carbocycles. The summed E-state index contributed by atoms with van der Waals surface area (Å²) in [7, 11) is 0. The molecular formula is C22H24N2O3. The van der Waals surface area contributed by atoms with E-state index < -0.39 is 0 Å². The number of aryl methyl sites for hydroxylation is 1. The molecule has 3 aromatic rings. The van der Waals surface area contributed by atoms with Gasteiger partial charge in [0, 0.05) is 23.1 Å². The van der Waals surface area contributed by atoms with Crippen LogP contribution in [0.15, 0.2) is 54.7 Å². The highest BCUT2D eigenvalue weighted by Gasteiger charge is 2.35. The fourth-order valence-electron chi connectivity index (χ4n) is 3.62. The molecule has 0 spiro atoms. The Balaban J connectivity index is 1.38. The van der Waals surface area contributed by atoms with Crippen molar-refractivity contribution in [3.63, 3.8) is 0 Å². The molecule has 0 radical (unpaired) electrons. The molecule has 140 valence electrons. The number of H-pyrrole nitrogens is 1. The van der Waals surface area contributed by atoms with Crippen LogP contribution in [0.4, 0.5) is 4.79 Å². The first-order valence-corrected chi connectivity index (χ1v) is 9.32. The summed E-state index contributed by atoms with van der Waals surface area (Å²) in [6, 6.07) is 16.1. The first kappa shape index (κ1) is 17.5. The van der Waals surface area contributed by atoms with E-state index in [0.717, 1.165) is 23.3 Å². The van der Waals surface area contributed by atoms with Gasteiger partial charge in [0.05, 0.1) is 6.54 Å². The van der Waals surface area contributed by atoms with Crippen molar-refractivity contribution in [1.29, 1.82) is 0 Å². The average Bonchev–Trinajstić information content (AvgIpc) is 3.25. The maximum atomic E-state index is 12.3. The van der Waals surface area contributed by atoms with Crippen molar-refractivity contribution in [3.05, 3.63) is 65.9 Å². The largest absolute Gasteiger partial charge is 0.489 e. The first-order valence-electron chi connectivity index (χ1n) is 9.32. The summed E-state index contributed by atoms with van der Waals surface area (Å²) in [6.45, 7) is 4.99. The van der Waals surface area contributed by atoms with Gasteiger partial charge in [-0.25, -0.2) is 4.79 Å². The molecule has 0 saturated carbocycles. The van der Waals surface area contributed by atoms with Crippen molar-refractivity contribution in [2.75, 3.05) is 13.2 Å². The van der Waals surface area contributed by atoms with Crippen molar-refractivity contribution in [3.8, 4) is 5.75 Å². The summed E-state index contributed by atoms with van der Waals surface area (Å²) < 4.78 is 11.4. The number of rotatable bonds is 6. The number of aromatic nitrogens is 1. The number of amides is 1. The third kappa shape index (κ3) is 3.63. The molecule has 1 fully saturated rings. The second-order valence-electron chi connectivity index (χ2n) is 7.15. The lowest BCUT2D eigenvalue weighted by Crippen LogP contribution is -2.36. The summed E-state index contributed by atoms with van der Waals surface area (Å²) in [5, 5.41) is 1.20. The summed E-state index contributed by atoms with van der Waals surface area (Å²) >= 11 is 0. The Morgan fingerprint density at radius 2 is 2.00 bits per heavy atom. The molecule has 2 heterocycles. The molecule has 1 aromatic heterocycles. The molecule has 1 saturated heterocycles. The van der Waals surface area contributed by atoms with Crippen LogP contribution in [-0.2, 0) is 11.2 Å². The fourth-order valence-corrected chi connectivity index (χ4v) is 3.62. The summed E-state index contributed by atoms with van der Waals surface area (Å²) in [5.74, 6) is 0.832. The van der Waals surface area contributed by atoms with Crippen molar-refractivity contribution < 1.29 is 14.3 Å². The number of para-hydroxylation sites is 2. The third-order valence-corrected chi connectivity index (χ3v) is 5.14. The lowest BCUT2D eigenvalue weighted by molar-refractivity contribution is 0.101. The van der Waals surface area contributed by atoms with E-state index >= 15 is 0 Å². The Kier molecular flexibility index (Phi) is 4.75. The lowest BCUT2D eigenvalue weighted by atomic mass is 10.1. The van der Waals surface area contributed by atoms with Crippen LogP contribution in [0.5, 0.6) is 5.75 Å². The van der Waals surface area contributed by atoms with Gasteiger partial charge in [-0.05, 0) is 43.5 Å². The minimum Gasteiger partial charge on any atom is -0.489 e. The average molecular weight is 364 g/mol. The maximum absolute atomic E-state index is 12.3. The monoisotopic (exact) mass is 364 g/mol. The number of hydrogen-bond acceptors (Lipinski definition) is 3. The van der Waals surface area contributed by atoms with E-state index in [1.54, 1.807) is 4.90 Å². The van der Waals surface area contributed by atoms with Crippen LogP contribution < -0.4 is 4.74 Å². The zero-order valence-electron chi connectivity index (χ0n) is 15.6. The van der Waals surface area contributed by atoms with Gasteiger partial charge in [0.25, 0.3) is 0 Å². The Bertz CT molecular complexity index is 949. The van der Waals surface area contributed by atoms with Gasteiger partial charge in [-0.3, -0.25) is 0 Å². The molecule has 2 atom stereocenters. The van der Waals surface area contributed by atoms with Crippen LogP contribution in [0.1, 0.15) is 18.1 Å². The normalized spacial score (nSPS) is 17.9. The number of ether oxygens (including phenoxy) is 2. The van der Waals surface area contributed by atoms with Gasteiger partial charge >= 0.3 is 6.09 Å². The van der Waals surface area contributed by atoms with Crippen molar-refractivity contribution in [2.24, 2.45) is 0 Å². The number of carbonyl (C=O) groups excluding carboxylic acids is 1. The van der Waals surface area contributed by atoms with Gasteiger partial charge in [-0.1, -0.05) is 36.4 Å². The van der Waals surface area contributed by atoms with Crippen LogP contribution in [0.2, 0.25) is 0 Å². The van der Waals surface area contributed by atoms with Crippen LogP contribution in [0, 0.1) is 6.92 Å². The smallest absolute Gasteiger partial charge is 0.410 e. The molecule has 1 aliphatic heterocycles. The predicted octanol–water partition coefficient (Wildman–Crippen LogP) is 4.31. The van der Waals surface area contributed by atoms with E-state index in [-0.39, 0.29) is 18.2 Å². The zero-order valence-corrected chi connectivity index (χ0v) is 15.6. The highest BCUT2D eigenvalue weighted by atomic mass is 16.6. The second kappa shape index (κ2) is 7.35. The Hall–Kier alpha value is -2.95. The molecule has 0 bridgehead atoms. The molecule has 5 nitrogen and oxygen atoms in total. The second-order valence-corrected chi connectivity index (χ2v) is 7.15. The molecule has 27 heavy (non-hydrogen) atoms. The van der Waals surface area contributed by atoms with E-state index in [9.17, 15) is 4.79 Å². The summed E-state index contributed by atoms with van der Waals surface area (Å²) in [6.07, 6.45) is 2.30. The molecule has 1 amide bonds. The minimum absolute atomic E-state index is 0.0557. The van der Waals surface area contributed by atoms with Gasteiger partial charge < -0.3 is 19.4 Å². The third-order valence-electron chi connectivity index (χ3n) is 5.14. The number of nitrogens with zero attached hydrogens (tertiary/aromatic N) is 1. The van der Waals surface area contributed by atoms with Crippen molar-refractivity contribution in [1.82, 2.24) is 9.88 Å². The van der Waals surface area contributed by atoms with E-state index in [1.807, 2.05) is 49.5 Å². The van der Waals surface area contributed by atoms with Gasteiger partial charge in [-0.15, -0.1) is 0 Å². The predicted molar refractivity (Wildman–Crippen MR) is 105 cm³/mol. The number of nitrogens with one attached hydrogen (secondary N) is 1. The van der Waals surface area contributed by atoms with Crippen LogP contribution >= 0.6 is 0 Å². The van der Waals surface area contributed by atoms with Crippen LogP contribution in [0.25, 0.3) is 10.9 Å². The highest BCUT2D eigenvalue weighted by Crippen LogP contribution is 2.24. The van der Waals surface area contributed by atoms with E-state index in [2.05, 4.69) is 24.0 Å². The number of cyclic esters (lactones) is 1. The number of hydrogen-bond donors (Lipinski definition) is 1. The topological polar surface area (TPSA) is 54.6 Å². The number of aromatic amines is 1. The molecule has 1 N–H and O–H groups in total. The number of benzene rings is 2. The Labute approximate surface area is 158 Å². The maximum Gasteiger partial charge on any atom is 0.410 e. The number of fused-ring (bicyclic) bond motifs is 1. The van der Waals surface area contributed by atoms with Crippen molar-refractivity contribution >= 4 is 17.0 Å². The summed E-state index contributed by atoms with van der Waals surface area (Å²) in [4.78, 5) is 17.4. The first-order chi connectivity index (χ1) is 13.1. The quantitative estimate of drug-likeness (QED) is 0.709. The zero-order chi connectivity index (χ0) is 18.8. The van der Waals surface area contributed by atoms with E-state index in [1.165, 1.54) is 10.9 Å². The van der Waals surface area contributed by atoms with Gasteiger partial charge in [0.1, 0.15) is 12.4 Å². The molecule has 1 unspecified atom stereocenters. The van der Waals surface area contributed by atoms with E-state index in [4.69, 9.17) is 9.47 Å².